The first-order valence-electron chi connectivity index (χ1n) is 8.45. The highest BCUT2D eigenvalue weighted by molar-refractivity contribution is 5.30. The summed E-state index contributed by atoms with van der Waals surface area (Å²) in [5.41, 5.74) is 1.39. The van der Waals surface area contributed by atoms with Crippen LogP contribution in [0.25, 0.3) is 5.69 Å². The number of morpholine rings is 1. The number of benzene rings is 1. The summed E-state index contributed by atoms with van der Waals surface area (Å²) in [5.74, 6) is 0. The summed E-state index contributed by atoms with van der Waals surface area (Å²) >= 11 is 0. The van der Waals surface area contributed by atoms with Gasteiger partial charge in [0.2, 0.25) is 0 Å². The molecule has 2 N–H and O–H groups in total. The minimum Gasteiger partial charge on any atom is -0.388 e. The molecule has 1 aliphatic heterocycles. The van der Waals surface area contributed by atoms with E-state index in [0.29, 0.717) is 19.6 Å². The monoisotopic (exact) mass is 330 g/mol. The zero-order chi connectivity index (χ0) is 16.8. The number of para-hydroxylation sites is 1. The normalized spacial score (nSPS) is 18.4. The average Bonchev–Trinajstić information content (AvgIpc) is 3.05. The summed E-state index contributed by atoms with van der Waals surface area (Å²) in [6.45, 7) is 7.05. The van der Waals surface area contributed by atoms with Gasteiger partial charge in [0.15, 0.2) is 0 Å². The van der Waals surface area contributed by atoms with Gasteiger partial charge < -0.3 is 15.2 Å². The van der Waals surface area contributed by atoms with Crippen molar-refractivity contribution < 1.29 is 9.84 Å². The third kappa shape index (κ3) is 4.88. The lowest BCUT2D eigenvalue weighted by Gasteiger charge is -2.33. The van der Waals surface area contributed by atoms with Crippen molar-refractivity contribution in [1.82, 2.24) is 20.0 Å². The fourth-order valence-corrected chi connectivity index (χ4v) is 2.95. The Morgan fingerprint density at radius 2 is 2.00 bits per heavy atom. The van der Waals surface area contributed by atoms with Crippen LogP contribution in [-0.2, 0) is 11.3 Å². The number of aromatic nitrogens is 2. The lowest BCUT2D eigenvalue weighted by Crippen LogP contribution is -2.50. The van der Waals surface area contributed by atoms with E-state index >= 15 is 0 Å². The van der Waals surface area contributed by atoms with Crippen LogP contribution in [0.5, 0.6) is 0 Å². The first kappa shape index (κ1) is 17.1. The van der Waals surface area contributed by atoms with Crippen LogP contribution in [0.2, 0.25) is 0 Å². The molecule has 0 saturated carbocycles. The van der Waals surface area contributed by atoms with Crippen molar-refractivity contribution in [3.63, 3.8) is 0 Å². The molecule has 6 nitrogen and oxygen atoms in total. The van der Waals surface area contributed by atoms with Gasteiger partial charge in [-0.2, -0.15) is 5.10 Å². The van der Waals surface area contributed by atoms with Crippen LogP contribution in [0.4, 0.5) is 0 Å². The Labute approximate surface area is 143 Å². The third-order valence-corrected chi connectivity index (χ3v) is 4.16. The third-order valence-electron chi connectivity index (χ3n) is 4.16. The van der Waals surface area contributed by atoms with E-state index in [4.69, 9.17) is 4.74 Å². The largest absolute Gasteiger partial charge is 0.388 e. The molecule has 6 heteroatoms. The standard InChI is InChI=1S/C18H26N4O2/c1-18(23,15-21-7-9-24-10-8-21)14-19-11-16-12-20-22(13-16)17-5-3-2-4-6-17/h2-6,12-13,19,23H,7-11,14-15H2,1H3. The molecule has 2 aromatic rings. The predicted molar refractivity (Wildman–Crippen MR) is 93.2 cm³/mol. The smallest absolute Gasteiger partial charge is 0.0869 e. The highest BCUT2D eigenvalue weighted by Gasteiger charge is 2.24. The van der Waals surface area contributed by atoms with Crippen LogP contribution in [-0.4, -0.2) is 64.8 Å². The summed E-state index contributed by atoms with van der Waals surface area (Å²) in [7, 11) is 0. The maximum atomic E-state index is 10.6. The topological polar surface area (TPSA) is 62.5 Å². The zero-order valence-electron chi connectivity index (χ0n) is 14.2. The van der Waals surface area contributed by atoms with Crippen LogP contribution in [0, 0.1) is 0 Å². The molecule has 3 rings (SSSR count). The fourth-order valence-electron chi connectivity index (χ4n) is 2.95. The van der Waals surface area contributed by atoms with Gasteiger partial charge in [-0.15, -0.1) is 0 Å². The van der Waals surface area contributed by atoms with Crippen molar-refractivity contribution in [3.8, 4) is 5.69 Å². The van der Waals surface area contributed by atoms with Gasteiger partial charge in [-0.25, -0.2) is 4.68 Å². The van der Waals surface area contributed by atoms with Crippen LogP contribution in [0.15, 0.2) is 42.7 Å². The van der Waals surface area contributed by atoms with Crippen molar-refractivity contribution in [3.05, 3.63) is 48.3 Å². The number of aliphatic hydroxyl groups is 1. The molecule has 1 fully saturated rings. The van der Waals surface area contributed by atoms with E-state index in [0.717, 1.165) is 37.6 Å². The molecule has 1 atom stereocenters. The minimum atomic E-state index is -0.757. The Kier molecular flexibility index (Phi) is 5.63. The molecule has 1 aliphatic rings. The van der Waals surface area contributed by atoms with Gasteiger partial charge >= 0.3 is 0 Å². The van der Waals surface area contributed by atoms with E-state index < -0.39 is 5.60 Å². The van der Waals surface area contributed by atoms with Gasteiger partial charge in [0.25, 0.3) is 0 Å². The highest BCUT2D eigenvalue weighted by atomic mass is 16.5. The zero-order valence-corrected chi connectivity index (χ0v) is 14.2. The lowest BCUT2D eigenvalue weighted by molar-refractivity contribution is -0.0219. The summed E-state index contributed by atoms with van der Waals surface area (Å²) in [6.07, 6.45) is 3.87. The second-order valence-electron chi connectivity index (χ2n) is 6.62. The molecular weight excluding hydrogens is 304 g/mol. The number of hydrogen-bond donors (Lipinski definition) is 2. The number of nitrogens with zero attached hydrogens (tertiary/aromatic N) is 3. The summed E-state index contributed by atoms with van der Waals surface area (Å²) < 4.78 is 7.21. The average molecular weight is 330 g/mol. The molecule has 24 heavy (non-hydrogen) atoms. The van der Waals surface area contributed by atoms with Crippen LogP contribution in [0.1, 0.15) is 12.5 Å². The van der Waals surface area contributed by atoms with E-state index in [2.05, 4.69) is 15.3 Å². The van der Waals surface area contributed by atoms with Gasteiger partial charge in [-0.1, -0.05) is 18.2 Å². The van der Waals surface area contributed by atoms with E-state index in [1.54, 1.807) is 0 Å². The van der Waals surface area contributed by atoms with Gasteiger partial charge in [0.1, 0.15) is 0 Å². The molecule has 0 amide bonds. The first-order chi connectivity index (χ1) is 11.6. The maximum Gasteiger partial charge on any atom is 0.0869 e. The Morgan fingerprint density at radius 3 is 2.75 bits per heavy atom. The Morgan fingerprint density at radius 1 is 1.25 bits per heavy atom. The Balaban J connectivity index is 1.46. The SMILES string of the molecule is CC(O)(CNCc1cnn(-c2ccccc2)c1)CN1CCOCC1. The molecule has 2 heterocycles. The van der Waals surface area contributed by atoms with Gasteiger partial charge in [-0.05, 0) is 19.1 Å². The van der Waals surface area contributed by atoms with Crippen LogP contribution in [0.3, 0.4) is 0 Å². The van der Waals surface area contributed by atoms with E-state index in [1.807, 2.05) is 54.3 Å². The number of hydrogen-bond acceptors (Lipinski definition) is 5. The summed E-state index contributed by atoms with van der Waals surface area (Å²) in [5, 5.41) is 18.3. The van der Waals surface area contributed by atoms with Crippen molar-refractivity contribution in [2.24, 2.45) is 0 Å². The van der Waals surface area contributed by atoms with Gasteiger partial charge in [-0.3, -0.25) is 4.90 Å². The van der Waals surface area contributed by atoms with E-state index in [9.17, 15) is 5.11 Å². The van der Waals surface area contributed by atoms with E-state index in [1.165, 1.54) is 0 Å². The number of nitrogens with one attached hydrogen (secondary N) is 1. The van der Waals surface area contributed by atoms with Crippen molar-refractivity contribution in [2.75, 3.05) is 39.4 Å². The maximum absolute atomic E-state index is 10.6. The molecule has 1 saturated heterocycles. The van der Waals surface area contributed by atoms with E-state index in [-0.39, 0.29) is 0 Å². The molecule has 0 spiro atoms. The number of rotatable bonds is 7. The van der Waals surface area contributed by atoms with Gasteiger partial charge in [0.05, 0.1) is 30.7 Å². The number of ether oxygens (including phenoxy) is 1. The molecule has 0 bridgehead atoms. The van der Waals surface area contributed by atoms with Crippen LogP contribution >= 0.6 is 0 Å². The molecule has 1 unspecified atom stereocenters. The molecular formula is C18H26N4O2. The molecule has 0 aliphatic carbocycles. The predicted octanol–water partition coefficient (Wildman–Crippen LogP) is 1.05. The first-order valence-corrected chi connectivity index (χ1v) is 8.45. The minimum absolute atomic E-state index is 0.543. The summed E-state index contributed by atoms with van der Waals surface area (Å²) in [4.78, 5) is 2.25. The van der Waals surface area contributed by atoms with Crippen LogP contribution < -0.4 is 5.32 Å². The molecule has 0 radical (unpaired) electrons. The Bertz CT molecular complexity index is 621. The van der Waals surface area contributed by atoms with Gasteiger partial charge in [0, 0.05) is 44.5 Å². The fraction of sp³-hybridized carbons (Fsp3) is 0.500. The van der Waals surface area contributed by atoms with Crippen molar-refractivity contribution in [1.29, 1.82) is 0 Å². The quantitative estimate of drug-likeness (QED) is 0.794. The molecule has 1 aromatic heterocycles. The second kappa shape index (κ2) is 7.90. The second-order valence-corrected chi connectivity index (χ2v) is 6.62. The molecule has 1 aromatic carbocycles. The lowest BCUT2D eigenvalue weighted by atomic mass is 10.1. The number of β-amino-alcohol motifs (C(OH)–C–C–N with tert-alkyl or cyclic N) is 1. The summed E-state index contributed by atoms with van der Waals surface area (Å²) in [6, 6.07) is 10.0. The van der Waals surface area contributed by atoms with Crippen molar-refractivity contribution >= 4 is 0 Å². The highest BCUT2D eigenvalue weighted by Crippen LogP contribution is 2.10. The molecule has 130 valence electrons. The Hall–Kier alpha value is -1.73. The van der Waals surface area contributed by atoms with Crippen molar-refractivity contribution in [2.45, 2.75) is 19.1 Å².